The van der Waals surface area contributed by atoms with Crippen molar-refractivity contribution in [1.82, 2.24) is 15.0 Å². The van der Waals surface area contributed by atoms with E-state index < -0.39 is 0 Å². The highest BCUT2D eigenvalue weighted by Crippen LogP contribution is 2.41. The Labute approximate surface area is 165 Å². The van der Waals surface area contributed by atoms with Crippen LogP contribution in [0.5, 0.6) is 11.5 Å². The summed E-state index contributed by atoms with van der Waals surface area (Å²) >= 11 is 1.75. The molecular formula is C21H18N4O2S. The van der Waals surface area contributed by atoms with E-state index in [-0.39, 0.29) is 5.75 Å². The standard InChI is InChI=1S/C21H18N4O2S/c1-27-16-8-7-13(10-15(16)26)23-20-18-14-5-2-6-17(14)28-21(18)25-19(24-20)12-4-3-9-22-11-12/h3-4,7-11,26H,2,5-6H2,1H3,(H,23,24,25). The van der Waals surface area contributed by atoms with Gasteiger partial charge in [0.25, 0.3) is 0 Å². The molecule has 7 heteroatoms. The lowest BCUT2D eigenvalue weighted by molar-refractivity contribution is 0.373. The Bertz CT molecular complexity index is 1170. The maximum atomic E-state index is 10.1. The molecule has 1 aromatic carbocycles. The number of phenols is 1. The average molecular weight is 390 g/mol. The molecule has 0 radical (unpaired) electrons. The molecule has 0 saturated carbocycles. The van der Waals surface area contributed by atoms with Gasteiger partial charge in [0.15, 0.2) is 17.3 Å². The molecule has 0 atom stereocenters. The van der Waals surface area contributed by atoms with Crippen LogP contribution >= 0.6 is 11.3 Å². The van der Waals surface area contributed by atoms with Crippen molar-refractivity contribution < 1.29 is 9.84 Å². The number of methoxy groups -OCH3 is 1. The topological polar surface area (TPSA) is 80.2 Å². The Morgan fingerprint density at radius 2 is 2.11 bits per heavy atom. The van der Waals surface area contributed by atoms with Gasteiger partial charge in [0, 0.05) is 34.6 Å². The van der Waals surface area contributed by atoms with Crippen molar-refractivity contribution in [3.05, 3.63) is 53.2 Å². The predicted octanol–water partition coefficient (Wildman–Crippen LogP) is 4.70. The molecule has 0 spiro atoms. The second-order valence-electron chi connectivity index (χ2n) is 6.69. The third kappa shape index (κ3) is 2.84. The van der Waals surface area contributed by atoms with E-state index in [1.54, 1.807) is 35.9 Å². The van der Waals surface area contributed by atoms with Gasteiger partial charge in [-0.1, -0.05) is 0 Å². The summed E-state index contributed by atoms with van der Waals surface area (Å²) in [6, 6.07) is 9.08. The van der Waals surface area contributed by atoms with E-state index >= 15 is 0 Å². The Morgan fingerprint density at radius 3 is 2.89 bits per heavy atom. The first-order valence-corrected chi connectivity index (χ1v) is 9.91. The van der Waals surface area contributed by atoms with Crippen LogP contribution in [-0.4, -0.2) is 27.2 Å². The minimum atomic E-state index is 0.0841. The highest BCUT2D eigenvalue weighted by Gasteiger charge is 2.23. The Hall–Kier alpha value is -3.19. The molecule has 28 heavy (non-hydrogen) atoms. The van der Waals surface area contributed by atoms with Gasteiger partial charge < -0.3 is 15.2 Å². The van der Waals surface area contributed by atoms with Gasteiger partial charge in [-0.05, 0) is 49.1 Å². The van der Waals surface area contributed by atoms with Crippen LogP contribution in [0.25, 0.3) is 21.6 Å². The van der Waals surface area contributed by atoms with Crippen molar-refractivity contribution in [3.63, 3.8) is 0 Å². The zero-order valence-corrected chi connectivity index (χ0v) is 16.1. The lowest BCUT2D eigenvalue weighted by Gasteiger charge is -2.11. The van der Waals surface area contributed by atoms with E-state index in [2.05, 4.69) is 10.3 Å². The molecule has 1 aliphatic rings. The molecule has 0 fully saturated rings. The summed E-state index contributed by atoms with van der Waals surface area (Å²) in [5.74, 6) is 1.92. The summed E-state index contributed by atoms with van der Waals surface area (Å²) in [5, 5.41) is 14.6. The van der Waals surface area contributed by atoms with Crippen molar-refractivity contribution >= 4 is 33.1 Å². The molecule has 0 bridgehead atoms. The van der Waals surface area contributed by atoms with Gasteiger partial charge in [0.2, 0.25) is 0 Å². The van der Waals surface area contributed by atoms with Crippen LogP contribution in [-0.2, 0) is 12.8 Å². The predicted molar refractivity (Wildman–Crippen MR) is 111 cm³/mol. The minimum absolute atomic E-state index is 0.0841. The number of anilines is 2. The second kappa shape index (κ2) is 6.76. The van der Waals surface area contributed by atoms with Gasteiger partial charge in [0.1, 0.15) is 10.6 Å². The fourth-order valence-corrected chi connectivity index (χ4v) is 4.88. The number of rotatable bonds is 4. The minimum Gasteiger partial charge on any atom is -0.504 e. The SMILES string of the molecule is COc1ccc(Nc2nc(-c3cccnc3)nc3sc4c(c23)CCC4)cc1O. The zero-order chi connectivity index (χ0) is 19.1. The van der Waals surface area contributed by atoms with E-state index in [1.807, 2.05) is 18.2 Å². The van der Waals surface area contributed by atoms with Gasteiger partial charge in [-0.25, -0.2) is 9.97 Å². The lowest BCUT2D eigenvalue weighted by Crippen LogP contribution is -1.99. The molecular weight excluding hydrogens is 372 g/mol. The monoisotopic (exact) mass is 390 g/mol. The number of pyridine rings is 1. The van der Waals surface area contributed by atoms with Crippen molar-refractivity contribution in [1.29, 1.82) is 0 Å². The first kappa shape index (κ1) is 16.9. The van der Waals surface area contributed by atoms with Crippen LogP contribution in [0.3, 0.4) is 0 Å². The van der Waals surface area contributed by atoms with E-state index in [9.17, 15) is 5.11 Å². The molecule has 2 N–H and O–H groups in total. The fraction of sp³-hybridized carbons (Fsp3) is 0.190. The number of aryl methyl sites for hydroxylation is 2. The molecule has 0 amide bonds. The van der Waals surface area contributed by atoms with Crippen LogP contribution in [0, 0.1) is 0 Å². The molecule has 5 rings (SSSR count). The first-order chi connectivity index (χ1) is 13.7. The summed E-state index contributed by atoms with van der Waals surface area (Å²) in [6.45, 7) is 0. The summed E-state index contributed by atoms with van der Waals surface area (Å²) in [7, 11) is 1.53. The average Bonchev–Trinajstić information content (AvgIpc) is 3.29. The number of ether oxygens (including phenoxy) is 1. The van der Waals surface area contributed by atoms with Crippen LogP contribution in [0.1, 0.15) is 16.9 Å². The lowest BCUT2D eigenvalue weighted by atomic mass is 10.1. The molecule has 0 saturated heterocycles. The normalized spacial score (nSPS) is 12.9. The van der Waals surface area contributed by atoms with Gasteiger partial charge >= 0.3 is 0 Å². The molecule has 0 aliphatic heterocycles. The van der Waals surface area contributed by atoms with Gasteiger partial charge in [-0.3, -0.25) is 4.98 Å². The largest absolute Gasteiger partial charge is 0.504 e. The molecule has 140 valence electrons. The molecule has 0 unspecified atom stereocenters. The zero-order valence-electron chi connectivity index (χ0n) is 15.3. The van der Waals surface area contributed by atoms with E-state index in [0.29, 0.717) is 11.6 Å². The third-order valence-corrected chi connectivity index (χ3v) is 6.11. The maximum Gasteiger partial charge on any atom is 0.164 e. The van der Waals surface area contributed by atoms with E-state index in [4.69, 9.17) is 14.7 Å². The number of phenolic OH excluding ortho intramolecular Hbond substituents is 1. The number of aromatic hydroxyl groups is 1. The Kier molecular flexibility index (Phi) is 4.09. The van der Waals surface area contributed by atoms with Crippen LogP contribution < -0.4 is 10.1 Å². The second-order valence-corrected chi connectivity index (χ2v) is 7.77. The molecule has 6 nitrogen and oxygen atoms in total. The van der Waals surface area contributed by atoms with E-state index in [0.717, 1.165) is 40.1 Å². The molecule has 3 heterocycles. The first-order valence-electron chi connectivity index (χ1n) is 9.09. The molecule has 4 aromatic rings. The number of nitrogens with one attached hydrogen (secondary N) is 1. The van der Waals surface area contributed by atoms with Gasteiger partial charge in [0.05, 0.1) is 12.5 Å². The van der Waals surface area contributed by atoms with Crippen molar-refractivity contribution in [2.24, 2.45) is 0 Å². The van der Waals surface area contributed by atoms with Gasteiger partial charge in [-0.15, -0.1) is 11.3 Å². The van der Waals surface area contributed by atoms with Crippen molar-refractivity contribution in [2.45, 2.75) is 19.3 Å². The number of aromatic nitrogens is 3. The number of benzene rings is 1. The number of hydrogen-bond acceptors (Lipinski definition) is 7. The Balaban J connectivity index is 1.66. The Morgan fingerprint density at radius 1 is 1.18 bits per heavy atom. The quantitative estimate of drug-likeness (QED) is 0.526. The van der Waals surface area contributed by atoms with Crippen LogP contribution in [0.15, 0.2) is 42.7 Å². The smallest absolute Gasteiger partial charge is 0.164 e. The summed E-state index contributed by atoms with van der Waals surface area (Å²) < 4.78 is 5.14. The summed E-state index contributed by atoms with van der Waals surface area (Å²) in [6.07, 6.45) is 6.82. The number of hydrogen-bond donors (Lipinski definition) is 2. The fourth-order valence-electron chi connectivity index (χ4n) is 3.61. The van der Waals surface area contributed by atoms with Crippen LogP contribution in [0.2, 0.25) is 0 Å². The molecule has 3 aromatic heterocycles. The summed E-state index contributed by atoms with van der Waals surface area (Å²) in [4.78, 5) is 16.2. The number of fused-ring (bicyclic) bond motifs is 3. The van der Waals surface area contributed by atoms with Crippen LogP contribution in [0.4, 0.5) is 11.5 Å². The number of nitrogens with zero attached hydrogens (tertiary/aromatic N) is 3. The maximum absolute atomic E-state index is 10.1. The number of thiophene rings is 1. The highest BCUT2D eigenvalue weighted by atomic mass is 32.1. The van der Waals surface area contributed by atoms with Crippen molar-refractivity contribution in [3.8, 4) is 22.9 Å². The third-order valence-electron chi connectivity index (χ3n) is 4.93. The summed E-state index contributed by atoms with van der Waals surface area (Å²) in [5.41, 5.74) is 2.96. The van der Waals surface area contributed by atoms with Crippen molar-refractivity contribution in [2.75, 3.05) is 12.4 Å². The molecule has 1 aliphatic carbocycles. The van der Waals surface area contributed by atoms with Gasteiger partial charge in [-0.2, -0.15) is 0 Å². The highest BCUT2D eigenvalue weighted by molar-refractivity contribution is 7.19. The van der Waals surface area contributed by atoms with E-state index in [1.165, 1.54) is 24.0 Å².